The van der Waals surface area contributed by atoms with Gasteiger partial charge in [-0.05, 0) is 37.1 Å². The molecule has 0 aliphatic heterocycles. The lowest BCUT2D eigenvalue weighted by molar-refractivity contribution is -0.157. The Labute approximate surface area is 204 Å². The average molecular weight is 473 g/mol. The van der Waals surface area contributed by atoms with E-state index < -0.39 is 29.9 Å². The van der Waals surface area contributed by atoms with Crippen LogP contribution >= 0.6 is 0 Å². The van der Waals surface area contributed by atoms with Crippen LogP contribution in [0.15, 0.2) is 84.9 Å². The van der Waals surface area contributed by atoms with Gasteiger partial charge in [-0.15, -0.1) is 0 Å². The van der Waals surface area contributed by atoms with Gasteiger partial charge in [-0.2, -0.15) is 0 Å². The number of Topliss-reactive ketones (excluding diaryl/α,β-unsaturated/α-hetero) is 1. The number of esters is 1. The molecule has 0 saturated carbocycles. The molecule has 2 N–H and O–H groups in total. The molecule has 2 amide bonds. The van der Waals surface area contributed by atoms with E-state index in [1.54, 1.807) is 98.8 Å². The zero-order chi connectivity index (χ0) is 25.4. The molecule has 0 aliphatic carbocycles. The minimum Gasteiger partial charge on any atom is -0.446 e. The quantitative estimate of drug-likeness (QED) is 0.351. The number of carbonyl (C=O) groups excluding carboxylic acids is 4. The van der Waals surface area contributed by atoms with Crippen LogP contribution in [-0.4, -0.2) is 29.6 Å². The van der Waals surface area contributed by atoms with Gasteiger partial charge >= 0.3 is 5.97 Å². The minimum atomic E-state index is -1.26. The monoisotopic (exact) mass is 472 g/mol. The summed E-state index contributed by atoms with van der Waals surface area (Å²) in [6.07, 6.45) is -1.26. The van der Waals surface area contributed by atoms with Gasteiger partial charge in [0, 0.05) is 22.4 Å². The van der Waals surface area contributed by atoms with Crippen LogP contribution in [0.3, 0.4) is 0 Å². The third-order valence-electron chi connectivity index (χ3n) is 5.35. The van der Waals surface area contributed by atoms with Gasteiger partial charge in [0.25, 0.3) is 11.8 Å². The van der Waals surface area contributed by atoms with Crippen LogP contribution in [0, 0.1) is 5.92 Å². The van der Waals surface area contributed by atoms with Gasteiger partial charge in [0.2, 0.25) is 6.10 Å². The zero-order valence-corrected chi connectivity index (χ0v) is 19.9. The van der Waals surface area contributed by atoms with E-state index in [-0.39, 0.29) is 11.7 Å². The highest BCUT2D eigenvalue weighted by Gasteiger charge is 2.32. The van der Waals surface area contributed by atoms with Crippen molar-refractivity contribution in [3.63, 3.8) is 0 Å². The Hall–Kier alpha value is -4.26. The highest BCUT2D eigenvalue weighted by atomic mass is 16.5. The molecule has 0 bridgehead atoms. The van der Waals surface area contributed by atoms with Crippen molar-refractivity contribution < 1.29 is 23.9 Å². The van der Waals surface area contributed by atoms with Crippen LogP contribution in [0.4, 0.5) is 5.69 Å². The number of anilines is 1. The molecule has 0 fully saturated rings. The van der Waals surface area contributed by atoms with Crippen molar-refractivity contribution in [1.82, 2.24) is 5.32 Å². The van der Waals surface area contributed by atoms with E-state index in [1.165, 1.54) is 6.92 Å². The van der Waals surface area contributed by atoms with E-state index in [0.29, 0.717) is 22.4 Å². The molecule has 0 aromatic heterocycles. The van der Waals surface area contributed by atoms with Crippen LogP contribution in [-0.2, 0) is 14.3 Å². The fourth-order valence-corrected chi connectivity index (χ4v) is 3.43. The predicted molar refractivity (Wildman–Crippen MR) is 133 cm³/mol. The first-order valence-corrected chi connectivity index (χ1v) is 11.3. The van der Waals surface area contributed by atoms with Crippen molar-refractivity contribution >= 4 is 29.3 Å². The lowest BCUT2D eigenvalue weighted by atomic mass is 10.0. The number of ether oxygens (including phenoxy) is 1. The summed E-state index contributed by atoms with van der Waals surface area (Å²) in [5.41, 5.74) is 1.73. The molecule has 7 heteroatoms. The summed E-state index contributed by atoms with van der Waals surface area (Å²) < 4.78 is 5.68. The molecule has 2 unspecified atom stereocenters. The van der Waals surface area contributed by atoms with Crippen molar-refractivity contribution in [2.24, 2.45) is 5.92 Å². The standard InChI is InChI=1S/C28H28N2O5/c1-18(2)24(30-26(32)21-13-8-5-9-14-21)28(34)35-25(20-11-6-4-7-12-20)27(33)29-23-16-10-15-22(17-23)19(3)31/h4-18,24-25H,1-3H3,(H,29,33)(H,30,32). The molecule has 7 nitrogen and oxygen atoms in total. The van der Waals surface area contributed by atoms with Crippen LogP contribution in [0.1, 0.15) is 53.2 Å². The van der Waals surface area contributed by atoms with Crippen molar-refractivity contribution in [3.05, 3.63) is 102 Å². The molecule has 0 spiro atoms. The molecule has 180 valence electrons. The summed E-state index contributed by atoms with van der Waals surface area (Å²) in [5, 5.41) is 5.44. The third kappa shape index (κ3) is 6.86. The Balaban J connectivity index is 1.82. The number of ketones is 1. The van der Waals surface area contributed by atoms with E-state index in [9.17, 15) is 19.2 Å². The minimum absolute atomic E-state index is 0.138. The Bertz CT molecular complexity index is 1190. The first-order valence-electron chi connectivity index (χ1n) is 11.3. The average Bonchev–Trinajstić information content (AvgIpc) is 2.86. The summed E-state index contributed by atoms with van der Waals surface area (Å²) in [6, 6.07) is 22.7. The Morgan fingerprint density at radius 2 is 1.37 bits per heavy atom. The number of amides is 2. The number of rotatable bonds is 9. The Morgan fingerprint density at radius 1 is 0.771 bits per heavy atom. The van der Waals surface area contributed by atoms with E-state index in [1.807, 2.05) is 0 Å². The van der Waals surface area contributed by atoms with Gasteiger partial charge in [-0.3, -0.25) is 14.4 Å². The van der Waals surface area contributed by atoms with E-state index in [2.05, 4.69) is 10.6 Å². The van der Waals surface area contributed by atoms with E-state index in [0.717, 1.165) is 0 Å². The maximum atomic E-state index is 13.2. The fourth-order valence-electron chi connectivity index (χ4n) is 3.43. The van der Waals surface area contributed by atoms with Gasteiger partial charge in [0.15, 0.2) is 5.78 Å². The van der Waals surface area contributed by atoms with Gasteiger partial charge in [-0.1, -0.05) is 74.5 Å². The first kappa shape index (κ1) is 25.4. The van der Waals surface area contributed by atoms with Gasteiger partial charge in [-0.25, -0.2) is 4.79 Å². The highest BCUT2D eigenvalue weighted by molar-refractivity contribution is 6.00. The molecule has 0 aliphatic rings. The fraction of sp³-hybridized carbons (Fsp3) is 0.214. The van der Waals surface area contributed by atoms with Crippen LogP contribution < -0.4 is 10.6 Å². The number of nitrogens with one attached hydrogen (secondary N) is 2. The molecular weight excluding hydrogens is 444 g/mol. The number of carbonyl (C=O) groups is 4. The molecule has 0 saturated heterocycles. The lowest BCUT2D eigenvalue weighted by Crippen LogP contribution is -2.46. The second kappa shape index (κ2) is 11.7. The van der Waals surface area contributed by atoms with Crippen LogP contribution in [0.25, 0.3) is 0 Å². The molecule has 0 radical (unpaired) electrons. The molecule has 35 heavy (non-hydrogen) atoms. The zero-order valence-electron chi connectivity index (χ0n) is 19.9. The second-order valence-electron chi connectivity index (χ2n) is 8.42. The summed E-state index contributed by atoms with van der Waals surface area (Å²) >= 11 is 0. The Kier molecular flexibility index (Phi) is 8.51. The van der Waals surface area contributed by atoms with Gasteiger partial charge < -0.3 is 15.4 Å². The predicted octanol–water partition coefficient (Wildman–Crippen LogP) is 4.57. The molecule has 3 rings (SSSR count). The van der Waals surface area contributed by atoms with Gasteiger partial charge in [0.1, 0.15) is 6.04 Å². The molecule has 0 heterocycles. The van der Waals surface area contributed by atoms with Gasteiger partial charge in [0.05, 0.1) is 0 Å². The highest BCUT2D eigenvalue weighted by Crippen LogP contribution is 2.22. The summed E-state index contributed by atoms with van der Waals surface area (Å²) in [7, 11) is 0. The van der Waals surface area contributed by atoms with Crippen LogP contribution in [0.5, 0.6) is 0 Å². The number of hydrogen-bond donors (Lipinski definition) is 2. The topological polar surface area (TPSA) is 102 Å². The number of benzene rings is 3. The SMILES string of the molecule is CC(=O)c1cccc(NC(=O)C(OC(=O)C(NC(=O)c2ccccc2)C(C)C)c2ccccc2)c1. The largest absolute Gasteiger partial charge is 0.446 e. The van der Waals surface area contributed by atoms with Crippen molar-refractivity contribution in [2.45, 2.75) is 32.9 Å². The summed E-state index contributed by atoms with van der Waals surface area (Å²) in [6.45, 7) is 5.00. The van der Waals surface area contributed by atoms with Crippen molar-refractivity contribution in [3.8, 4) is 0 Å². The summed E-state index contributed by atoms with van der Waals surface area (Å²) in [5.74, 6) is -2.15. The molecule has 2 atom stereocenters. The maximum Gasteiger partial charge on any atom is 0.330 e. The van der Waals surface area contributed by atoms with E-state index >= 15 is 0 Å². The lowest BCUT2D eigenvalue weighted by Gasteiger charge is -2.24. The van der Waals surface area contributed by atoms with Crippen molar-refractivity contribution in [2.75, 3.05) is 5.32 Å². The Morgan fingerprint density at radius 3 is 1.97 bits per heavy atom. The number of hydrogen-bond acceptors (Lipinski definition) is 5. The second-order valence-corrected chi connectivity index (χ2v) is 8.42. The maximum absolute atomic E-state index is 13.2. The normalized spacial score (nSPS) is 12.3. The molecule has 3 aromatic carbocycles. The summed E-state index contributed by atoms with van der Waals surface area (Å²) in [4.78, 5) is 50.7. The third-order valence-corrected chi connectivity index (χ3v) is 5.35. The first-order chi connectivity index (χ1) is 16.8. The van der Waals surface area contributed by atoms with Crippen molar-refractivity contribution in [1.29, 1.82) is 0 Å². The smallest absolute Gasteiger partial charge is 0.330 e. The molecule has 3 aromatic rings. The molecular formula is C28H28N2O5. The van der Waals surface area contributed by atoms with E-state index in [4.69, 9.17) is 4.74 Å². The van der Waals surface area contributed by atoms with Crippen LogP contribution in [0.2, 0.25) is 0 Å².